The molecule has 0 unspecified atom stereocenters. The number of nitrogen functional groups attached to an aromatic ring is 1. The predicted molar refractivity (Wildman–Crippen MR) is 74.3 cm³/mol. The van der Waals surface area contributed by atoms with Crippen molar-refractivity contribution in [1.82, 2.24) is 9.78 Å². The fourth-order valence-electron chi connectivity index (χ4n) is 1.96. The summed E-state index contributed by atoms with van der Waals surface area (Å²) in [5.41, 5.74) is 7.89. The maximum absolute atomic E-state index is 6.10. The summed E-state index contributed by atoms with van der Waals surface area (Å²) in [5.74, 6) is 1.34. The Morgan fingerprint density at radius 1 is 1.29 bits per heavy atom. The number of aryl methyl sites for hydroxylation is 1. The van der Waals surface area contributed by atoms with Gasteiger partial charge in [-0.3, -0.25) is 4.68 Å². The van der Waals surface area contributed by atoms with Crippen LogP contribution in [0.3, 0.4) is 0 Å². The highest BCUT2D eigenvalue weighted by molar-refractivity contribution is 5.65. The highest BCUT2D eigenvalue weighted by atomic mass is 15.3. The lowest BCUT2D eigenvalue weighted by Crippen LogP contribution is -2.07. The number of aromatic nitrogens is 2. The van der Waals surface area contributed by atoms with E-state index in [0.29, 0.717) is 5.92 Å². The molecule has 0 aromatic carbocycles. The predicted octanol–water partition coefficient (Wildman–Crippen LogP) is 3.12. The van der Waals surface area contributed by atoms with Crippen molar-refractivity contribution >= 4 is 11.5 Å². The van der Waals surface area contributed by atoms with Gasteiger partial charge in [-0.1, -0.05) is 40.0 Å². The second-order valence-corrected chi connectivity index (χ2v) is 4.91. The number of unbranched alkanes of at least 4 members (excludes halogenated alkanes) is 3. The molecule has 0 fully saturated rings. The van der Waals surface area contributed by atoms with Crippen molar-refractivity contribution in [3.8, 4) is 0 Å². The first-order chi connectivity index (χ1) is 8.07. The van der Waals surface area contributed by atoms with Gasteiger partial charge in [-0.2, -0.15) is 5.10 Å². The van der Waals surface area contributed by atoms with Crippen LogP contribution in [0.5, 0.6) is 0 Å². The zero-order valence-electron chi connectivity index (χ0n) is 11.6. The number of nitrogens with two attached hydrogens (primary N) is 1. The third kappa shape index (κ3) is 3.65. The molecule has 0 saturated carbocycles. The van der Waals surface area contributed by atoms with Crippen LogP contribution < -0.4 is 11.1 Å². The Labute approximate surface area is 105 Å². The molecule has 0 amide bonds. The van der Waals surface area contributed by atoms with E-state index < -0.39 is 0 Å². The minimum Gasteiger partial charge on any atom is -0.394 e. The standard InChI is InChI=1S/C13H26N4/c1-5-6-7-8-9-15-13-11(14)12(10(2)3)16-17(13)4/h10,15H,5-9,14H2,1-4H3. The van der Waals surface area contributed by atoms with Crippen molar-refractivity contribution in [3.63, 3.8) is 0 Å². The van der Waals surface area contributed by atoms with E-state index in [4.69, 9.17) is 5.73 Å². The van der Waals surface area contributed by atoms with E-state index in [1.807, 2.05) is 11.7 Å². The average molecular weight is 238 g/mol. The van der Waals surface area contributed by atoms with Crippen LogP contribution >= 0.6 is 0 Å². The first-order valence-corrected chi connectivity index (χ1v) is 6.64. The molecule has 1 heterocycles. The van der Waals surface area contributed by atoms with Gasteiger partial charge in [-0.05, 0) is 12.3 Å². The van der Waals surface area contributed by atoms with E-state index in [1.54, 1.807) is 0 Å². The fraction of sp³-hybridized carbons (Fsp3) is 0.769. The van der Waals surface area contributed by atoms with Gasteiger partial charge in [0.05, 0.1) is 11.4 Å². The van der Waals surface area contributed by atoms with Gasteiger partial charge < -0.3 is 11.1 Å². The minimum absolute atomic E-state index is 0.372. The number of rotatable bonds is 7. The molecule has 1 rings (SSSR count). The Morgan fingerprint density at radius 3 is 2.53 bits per heavy atom. The summed E-state index contributed by atoms with van der Waals surface area (Å²) in [4.78, 5) is 0. The van der Waals surface area contributed by atoms with Crippen LogP contribution in [-0.2, 0) is 7.05 Å². The number of hydrogen-bond donors (Lipinski definition) is 2. The van der Waals surface area contributed by atoms with Crippen LogP contribution in [0.25, 0.3) is 0 Å². The Morgan fingerprint density at radius 2 is 2.00 bits per heavy atom. The molecule has 98 valence electrons. The first-order valence-electron chi connectivity index (χ1n) is 6.64. The van der Waals surface area contributed by atoms with E-state index in [1.165, 1.54) is 25.7 Å². The quantitative estimate of drug-likeness (QED) is 0.718. The van der Waals surface area contributed by atoms with Crippen molar-refractivity contribution in [2.45, 2.75) is 52.4 Å². The molecular weight excluding hydrogens is 212 g/mol. The zero-order chi connectivity index (χ0) is 12.8. The molecule has 0 saturated heterocycles. The molecule has 1 aromatic rings. The molecule has 4 heteroatoms. The van der Waals surface area contributed by atoms with Crippen molar-refractivity contribution in [3.05, 3.63) is 5.69 Å². The number of nitrogens with zero attached hydrogens (tertiary/aromatic N) is 2. The number of anilines is 2. The lowest BCUT2D eigenvalue weighted by atomic mass is 10.1. The summed E-state index contributed by atoms with van der Waals surface area (Å²) in [7, 11) is 1.94. The molecule has 0 aliphatic carbocycles. The van der Waals surface area contributed by atoms with Gasteiger partial charge in [0.1, 0.15) is 5.82 Å². The van der Waals surface area contributed by atoms with Crippen LogP contribution in [0.1, 0.15) is 58.1 Å². The van der Waals surface area contributed by atoms with Gasteiger partial charge in [0.25, 0.3) is 0 Å². The molecule has 0 aliphatic rings. The fourth-order valence-corrected chi connectivity index (χ4v) is 1.96. The van der Waals surface area contributed by atoms with E-state index in [2.05, 4.69) is 31.2 Å². The molecule has 3 N–H and O–H groups in total. The average Bonchev–Trinajstić information content (AvgIpc) is 2.56. The highest BCUT2D eigenvalue weighted by Crippen LogP contribution is 2.27. The van der Waals surface area contributed by atoms with Crippen LogP contribution in [0.15, 0.2) is 0 Å². The van der Waals surface area contributed by atoms with Crippen LogP contribution in [0.2, 0.25) is 0 Å². The summed E-state index contributed by atoms with van der Waals surface area (Å²) in [6.45, 7) is 7.43. The lowest BCUT2D eigenvalue weighted by Gasteiger charge is -2.07. The lowest BCUT2D eigenvalue weighted by molar-refractivity contribution is 0.677. The minimum atomic E-state index is 0.372. The Balaban J connectivity index is 2.53. The molecule has 0 aliphatic heterocycles. The van der Waals surface area contributed by atoms with E-state index in [-0.39, 0.29) is 0 Å². The highest BCUT2D eigenvalue weighted by Gasteiger charge is 2.14. The topological polar surface area (TPSA) is 55.9 Å². The molecule has 17 heavy (non-hydrogen) atoms. The van der Waals surface area contributed by atoms with Gasteiger partial charge in [0, 0.05) is 13.6 Å². The van der Waals surface area contributed by atoms with Crippen molar-refractivity contribution in [2.24, 2.45) is 7.05 Å². The number of nitrogens with one attached hydrogen (secondary N) is 1. The SMILES string of the molecule is CCCCCCNc1c(N)c(C(C)C)nn1C. The van der Waals surface area contributed by atoms with Gasteiger partial charge in [-0.15, -0.1) is 0 Å². The molecule has 0 spiro atoms. The first kappa shape index (κ1) is 13.9. The summed E-state index contributed by atoms with van der Waals surface area (Å²) < 4.78 is 1.85. The zero-order valence-corrected chi connectivity index (χ0v) is 11.6. The van der Waals surface area contributed by atoms with Gasteiger partial charge >= 0.3 is 0 Å². The van der Waals surface area contributed by atoms with E-state index in [9.17, 15) is 0 Å². The second kappa shape index (κ2) is 6.52. The maximum atomic E-state index is 6.10. The molecule has 4 nitrogen and oxygen atoms in total. The van der Waals surface area contributed by atoms with Crippen molar-refractivity contribution < 1.29 is 0 Å². The summed E-state index contributed by atoms with van der Waals surface area (Å²) in [6, 6.07) is 0. The second-order valence-electron chi connectivity index (χ2n) is 4.91. The van der Waals surface area contributed by atoms with Crippen LogP contribution in [0, 0.1) is 0 Å². The third-order valence-electron chi connectivity index (χ3n) is 2.98. The van der Waals surface area contributed by atoms with Gasteiger partial charge in [0.15, 0.2) is 0 Å². The molecule has 0 radical (unpaired) electrons. The summed E-state index contributed by atoms with van der Waals surface area (Å²) >= 11 is 0. The Bertz CT molecular complexity index is 341. The maximum Gasteiger partial charge on any atom is 0.147 e. The molecule has 1 aromatic heterocycles. The number of hydrogen-bond acceptors (Lipinski definition) is 3. The Hall–Kier alpha value is -1.19. The van der Waals surface area contributed by atoms with Gasteiger partial charge in [-0.25, -0.2) is 0 Å². The largest absolute Gasteiger partial charge is 0.394 e. The molecule has 0 atom stereocenters. The summed E-state index contributed by atoms with van der Waals surface area (Å²) in [6.07, 6.45) is 5.04. The van der Waals surface area contributed by atoms with E-state index in [0.717, 1.165) is 23.7 Å². The molecular formula is C13H26N4. The van der Waals surface area contributed by atoms with Crippen LogP contribution in [-0.4, -0.2) is 16.3 Å². The van der Waals surface area contributed by atoms with Crippen molar-refractivity contribution in [1.29, 1.82) is 0 Å². The van der Waals surface area contributed by atoms with E-state index >= 15 is 0 Å². The smallest absolute Gasteiger partial charge is 0.147 e. The summed E-state index contributed by atoms with van der Waals surface area (Å²) in [5, 5.41) is 7.84. The van der Waals surface area contributed by atoms with Crippen molar-refractivity contribution in [2.75, 3.05) is 17.6 Å². The normalized spacial score (nSPS) is 11.1. The van der Waals surface area contributed by atoms with Gasteiger partial charge in [0.2, 0.25) is 0 Å². The Kier molecular flexibility index (Phi) is 5.32. The van der Waals surface area contributed by atoms with Crippen LogP contribution in [0.4, 0.5) is 11.5 Å². The molecule has 0 bridgehead atoms. The third-order valence-corrected chi connectivity index (χ3v) is 2.98. The monoisotopic (exact) mass is 238 g/mol.